The van der Waals surface area contributed by atoms with Gasteiger partial charge in [0.05, 0.1) is 6.54 Å². The number of aromatic nitrogens is 2. The Hall–Kier alpha value is -1.42. The van der Waals surface area contributed by atoms with Crippen LogP contribution in [0.25, 0.3) is 0 Å². The molecular formula is C12H15N3S. The molecule has 2 aromatic rings. The summed E-state index contributed by atoms with van der Waals surface area (Å²) in [6, 6.07) is 10.3. The molecule has 0 atom stereocenters. The minimum absolute atomic E-state index is 0.584. The fraction of sp³-hybridized carbons (Fsp3) is 0.250. The largest absolute Gasteiger partial charge is 0.382 e. The van der Waals surface area contributed by atoms with Crippen molar-refractivity contribution in [2.75, 3.05) is 11.5 Å². The lowest BCUT2D eigenvalue weighted by Gasteiger charge is -2.03. The molecule has 84 valence electrons. The number of aryl methyl sites for hydroxylation is 2. The van der Waals surface area contributed by atoms with Crippen LogP contribution < -0.4 is 5.73 Å². The van der Waals surface area contributed by atoms with Gasteiger partial charge in [0.25, 0.3) is 0 Å². The van der Waals surface area contributed by atoms with Crippen molar-refractivity contribution in [1.29, 1.82) is 0 Å². The van der Waals surface area contributed by atoms with Crippen LogP contribution in [0.4, 0.5) is 5.82 Å². The lowest BCUT2D eigenvalue weighted by Crippen LogP contribution is -2.01. The molecule has 1 aromatic carbocycles. The van der Waals surface area contributed by atoms with E-state index in [0.717, 1.165) is 12.3 Å². The summed E-state index contributed by atoms with van der Waals surface area (Å²) in [7, 11) is 0. The van der Waals surface area contributed by atoms with Gasteiger partial charge in [-0.15, -0.1) is 11.8 Å². The molecule has 3 nitrogen and oxygen atoms in total. The maximum Gasteiger partial charge on any atom is 0.145 e. The summed E-state index contributed by atoms with van der Waals surface area (Å²) in [5.41, 5.74) is 6.84. The maximum absolute atomic E-state index is 5.54. The number of nitrogens with two attached hydrogens (primary N) is 1. The van der Waals surface area contributed by atoms with E-state index in [1.54, 1.807) is 0 Å². The van der Waals surface area contributed by atoms with E-state index in [4.69, 9.17) is 5.73 Å². The van der Waals surface area contributed by atoms with Gasteiger partial charge in [-0.1, -0.05) is 17.7 Å². The molecule has 0 bridgehead atoms. The third-order valence-corrected chi connectivity index (χ3v) is 3.21. The lowest BCUT2D eigenvalue weighted by molar-refractivity contribution is 0.669. The topological polar surface area (TPSA) is 43.8 Å². The molecule has 0 unspecified atom stereocenters. The molecule has 0 aliphatic carbocycles. The Morgan fingerprint density at radius 3 is 2.94 bits per heavy atom. The molecule has 16 heavy (non-hydrogen) atoms. The molecule has 0 amide bonds. The van der Waals surface area contributed by atoms with Gasteiger partial charge >= 0.3 is 0 Å². The van der Waals surface area contributed by atoms with E-state index < -0.39 is 0 Å². The van der Waals surface area contributed by atoms with Gasteiger partial charge in [0.2, 0.25) is 0 Å². The maximum atomic E-state index is 5.54. The summed E-state index contributed by atoms with van der Waals surface area (Å²) in [5, 5.41) is 4.14. The Morgan fingerprint density at radius 1 is 1.38 bits per heavy atom. The average Bonchev–Trinajstić information content (AvgIpc) is 2.64. The number of hydrogen-bond donors (Lipinski definition) is 1. The van der Waals surface area contributed by atoms with Gasteiger partial charge in [0, 0.05) is 16.8 Å². The monoisotopic (exact) mass is 233 g/mol. The van der Waals surface area contributed by atoms with E-state index in [0.29, 0.717) is 5.82 Å². The van der Waals surface area contributed by atoms with Gasteiger partial charge in [0.1, 0.15) is 5.82 Å². The number of nitrogens with zero attached hydrogens (tertiary/aromatic N) is 2. The SMILES string of the molecule is Cc1cccc(SCCn2ccc(N)n2)c1. The number of benzene rings is 1. The van der Waals surface area contributed by atoms with Crippen LogP contribution in [0, 0.1) is 6.92 Å². The quantitative estimate of drug-likeness (QED) is 0.825. The summed E-state index contributed by atoms with van der Waals surface area (Å²) >= 11 is 1.84. The highest BCUT2D eigenvalue weighted by Gasteiger charge is 1.97. The molecule has 0 fully saturated rings. The molecule has 0 aliphatic heterocycles. The van der Waals surface area contributed by atoms with Crippen molar-refractivity contribution in [1.82, 2.24) is 9.78 Å². The van der Waals surface area contributed by atoms with Crippen molar-refractivity contribution in [3.8, 4) is 0 Å². The normalized spacial score (nSPS) is 10.6. The number of thioether (sulfide) groups is 1. The van der Waals surface area contributed by atoms with Gasteiger partial charge < -0.3 is 5.73 Å². The van der Waals surface area contributed by atoms with Crippen molar-refractivity contribution in [2.45, 2.75) is 18.4 Å². The van der Waals surface area contributed by atoms with Crippen molar-refractivity contribution in [3.05, 3.63) is 42.1 Å². The zero-order valence-electron chi connectivity index (χ0n) is 9.26. The zero-order valence-corrected chi connectivity index (χ0v) is 10.1. The number of nitrogen functional groups attached to an aromatic ring is 1. The Kier molecular flexibility index (Phi) is 3.51. The molecule has 1 heterocycles. The van der Waals surface area contributed by atoms with Crippen molar-refractivity contribution >= 4 is 17.6 Å². The van der Waals surface area contributed by atoms with Crippen LogP contribution in [-0.4, -0.2) is 15.5 Å². The van der Waals surface area contributed by atoms with Crippen LogP contribution in [0.15, 0.2) is 41.4 Å². The van der Waals surface area contributed by atoms with Crippen LogP contribution in [0.3, 0.4) is 0 Å². The van der Waals surface area contributed by atoms with Gasteiger partial charge in [-0.25, -0.2) is 0 Å². The van der Waals surface area contributed by atoms with Gasteiger partial charge in [-0.3, -0.25) is 4.68 Å². The second-order valence-electron chi connectivity index (χ2n) is 3.67. The zero-order chi connectivity index (χ0) is 11.4. The van der Waals surface area contributed by atoms with E-state index in [-0.39, 0.29) is 0 Å². The average molecular weight is 233 g/mol. The van der Waals surface area contributed by atoms with Crippen molar-refractivity contribution in [2.24, 2.45) is 0 Å². The molecule has 2 N–H and O–H groups in total. The van der Waals surface area contributed by atoms with Crippen molar-refractivity contribution < 1.29 is 0 Å². The molecule has 0 saturated carbocycles. The molecule has 4 heteroatoms. The summed E-state index contributed by atoms with van der Waals surface area (Å²) in [5.74, 6) is 1.59. The first kappa shape index (κ1) is 11.1. The number of rotatable bonds is 4. The van der Waals surface area contributed by atoms with Gasteiger partial charge in [-0.2, -0.15) is 5.10 Å². The van der Waals surface area contributed by atoms with Crippen LogP contribution in [0.1, 0.15) is 5.56 Å². The molecule has 2 rings (SSSR count). The second-order valence-corrected chi connectivity index (χ2v) is 4.84. The number of hydrogen-bond acceptors (Lipinski definition) is 3. The molecule has 0 spiro atoms. The van der Waals surface area contributed by atoms with Crippen LogP contribution >= 0.6 is 11.8 Å². The van der Waals surface area contributed by atoms with E-state index in [1.165, 1.54) is 10.5 Å². The van der Waals surface area contributed by atoms with Crippen LogP contribution in [0.5, 0.6) is 0 Å². The summed E-state index contributed by atoms with van der Waals surface area (Å²) in [4.78, 5) is 1.31. The molecule has 0 radical (unpaired) electrons. The summed E-state index contributed by atoms with van der Waals surface area (Å²) in [6.45, 7) is 2.99. The smallest absolute Gasteiger partial charge is 0.145 e. The van der Waals surface area contributed by atoms with Crippen LogP contribution in [0.2, 0.25) is 0 Å². The predicted octanol–water partition coefficient (Wildman–Crippen LogP) is 2.57. The van der Waals surface area contributed by atoms with Crippen LogP contribution in [-0.2, 0) is 6.54 Å². The van der Waals surface area contributed by atoms with Crippen molar-refractivity contribution in [3.63, 3.8) is 0 Å². The Morgan fingerprint density at radius 2 is 2.25 bits per heavy atom. The highest BCUT2D eigenvalue weighted by Crippen LogP contribution is 2.18. The molecule has 1 aromatic heterocycles. The molecular weight excluding hydrogens is 218 g/mol. The van der Waals surface area contributed by atoms with E-state index in [9.17, 15) is 0 Å². The predicted molar refractivity (Wildman–Crippen MR) is 68.5 cm³/mol. The van der Waals surface area contributed by atoms with E-state index >= 15 is 0 Å². The highest BCUT2D eigenvalue weighted by atomic mass is 32.2. The first-order valence-electron chi connectivity index (χ1n) is 5.22. The minimum atomic E-state index is 0.584. The van der Waals surface area contributed by atoms with Gasteiger partial charge in [0.15, 0.2) is 0 Å². The third kappa shape index (κ3) is 3.03. The van der Waals surface area contributed by atoms with E-state index in [1.807, 2.05) is 28.7 Å². The minimum Gasteiger partial charge on any atom is -0.382 e. The van der Waals surface area contributed by atoms with Gasteiger partial charge in [-0.05, 0) is 25.1 Å². The third-order valence-electron chi connectivity index (χ3n) is 2.24. The highest BCUT2D eigenvalue weighted by molar-refractivity contribution is 7.99. The standard InChI is InChI=1S/C12H15N3S/c1-10-3-2-4-11(9-10)16-8-7-15-6-5-12(13)14-15/h2-6,9H,7-8H2,1H3,(H2,13,14). The fourth-order valence-corrected chi connectivity index (χ4v) is 2.42. The molecule has 0 aliphatic rings. The Labute approximate surface area is 99.7 Å². The summed E-state index contributed by atoms with van der Waals surface area (Å²) in [6.07, 6.45) is 1.91. The second kappa shape index (κ2) is 5.07. The lowest BCUT2D eigenvalue weighted by atomic mass is 10.2. The first-order chi connectivity index (χ1) is 7.74. The fourth-order valence-electron chi connectivity index (χ4n) is 1.46. The first-order valence-corrected chi connectivity index (χ1v) is 6.21. The Balaban J connectivity index is 1.84. The number of anilines is 1. The van der Waals surface area contributed by atoms with E-state index in [2.05, 4.69) is 36.3 Å². The Bertz CT molecular complexity index is 465. The summed E-state index contributed by atoms with van der Waals surface area (Å²) < 4.78 is 1.87. The molecule has 0 saturated heterocycles.